The highest BCUT2D eigenvalue weighted by Gasteiger charge is 2.18. The first-order valence-corrected chi connectivity index (χ1v) is 9.38. The Hall–Kier alpha value is -2.24. The molecule has 0 radical (unpaired) electrons. The van der Waals surface area contributed by atoms with E-state index in [1.54, 1.807) is 26.2 Å². The first-order valence-electron chi connectivity index (χ1n) is 9.38. The molecule has 0 saturated heterocycles. The Morgan fingerprint density at radius 2 is 1.81 bits per heavy atom. The van der Waals surface area contributed by atoms with Gasteiger partial charge in [0, 0.05) is 18.2 Å². The lowest BCUT2D eigenvalue weighted by Gasteiger charge is -2.30. The van der Waals surface area contributed by atoms with Crippen LogP contribution in [-0.4, -0.2) is 44.0 Å². The van der Waals surface area contributed by atoms with E-state index in [0.29, 0.717) is 17.7 Å². The Balaban J connectivity index is 2.04. The Kier molecular flexibility index (Phi) is 7.95. The topological polar surface area (TPSA) is 41.6 Å². The number of carbonyl (C=O) groups excluding carboxylic acids is 1. The van der Waals surface area contributed by atoms with Crippen molar-refractivity contribution in [2.75, 3.05) is 33.3 Å². The van der Waals surface area contributed by atoms with Crippen molar-refractivity contribution in [3.8, 4) is 5.75 Å². The monoisotopic (exact) mass is 372 g/mol. The van der Waals surface area contributed by atoms with E-state index in [-0.39, 0.29) is 24.2 Å². The van der Waals surface area contributed by atoms with Gasteiger partial charge in [0.1, 0.15) is 11.6 Å². The van der Waals surface area contributed by atoms with Crippen LogP contribution >= 0.6 is 0 Å². The van der Waals surface area contributed by atoms with E-state index in [2.05, 4.69) is 36.2 Å². The molecule has 0 saturated carbocycles. The number of rotatable bonds is 10. The summed E-state index contributed by atoms with van der Waals surface area (Å²) in [5.41, 5.74) is 2.11. The van der Waals surface area contributed by atoms with Gasteiger partial charge in [0.2, 0.25) is 0 Å². The van der Waals surface area contributed by atoms with Crippen molar-refractivity contribution in [2.45, 2.75) is 26.8 Å². The molecule has 0 aliphatic rings. The number of ether oxygens (including phenoxy) is 1. The van der Waals surface area contributed by atoms with Gasteiger partial charge >= 0.3 is 0 Å². The molecule has 2 aromatic rings. The highest BCUT2D eigenvalue weighted by molar-refractivity contribution is 5.97. The standard InChI is InChI=1S/C22H29FN2O2/c1-5-25(6-2)21(17-9-11-19(27-4)12-10-17)14-24-15-22(26)18-8-7-16(3)20(23)13-18/h7-13,21,24H,5-6,14-15H2,1-4H3. The third kappa shape index (κ3) is 5.62. The van der Waals surface area contributed by atoms with Crippen molar-refractivity contribution in [3.63, 3.8) is 0 Å². The number of benzene rings is 2. The van der Waals surface area contributed by atoms with E-state index in [1.165, 1.54) is 11.6 Å². The molecule has 0 aromatic heterocycles. The van der Waals surface area contributed by atoms with Gasteiger partial charge in [-0.1, -0.05) is 38.1 Å². The molecular weight excluding hydrogens is 343 g/mol. The van der Waals surface area contributed by atoms with Crippen LogP contribution < -0.4 is 10.1 Å². The van der Waals surface area contributed by atoms with Crippen LogP contribution in [0.15, 0.2) is 42.5 Å². The van der Waals surface area contributed by atoms with Crippen LogP contribution in [0.3, 0.4) is 0 Å². The summed E-state index contributed by atoms with van der Waals surface area (Å²) in [7, 11) is 1.65. The summed E-state index contributed by atoms with van der Waals surface area (Å²) in [6.45, 7) is 8.56. The summed E-state index contributed by atoms with van der Waals surface area (Å²) in [5, 5.41) is 3.25. The minimum Gasteiger partial charge on any atom is -0.497 e. The maximum absolute atomic E-state index is 13.7. The number of methoxy groups -OCH3 is 1. The molecule has 4 nitrogen and oxygen atoms in total. The molecular formula is C22H29FN2O2. The number of aryl methyl sites for hydroxylation is 1. The fourth-order valence-corrected chi connectivity index (χ4v) is 3.14. The van der Waals surface area contributed by atoms with Gasteiger partial charge in [-0.05, 0) is 49.3 Å². The van der Waals surface area contributed by atoms with Gasteiger partial charge in [0.05, 0.1) is 13.7 Å². The van der Waals surface area contributed by atoms with Crippen LogP contribution in [-0.2, 0) is 0 Å². The fraction of sp³-hybridized carbons (Fsp3) is 0.409. The smallest absolute Gasteiger partial charge is 0.176 e. The fourth-order valence-electron chi connectivity index (χ4n) is 3.14. The molecule has 0 aliphatic heterocycles. The first-order chi connectivity index (χ1) is 13.0. The SMILES string of the molecule is CCN(CC)C(CNCC(=O)c1ccc(C)c(F)c1)c1ccc(OC)cc1. The van der Waals surface area contributed by atoms with Gasteiger partial charge in [0.15, 0.2) is 5.78 Å². The lowest BCUT2D eigenvalue weighted by molar-refractivity contribution is 0.0986. The summed E-state index contributed by atoms with van der Waals surface area (Å²) in [5.74, 6) is 0.364. The van der Waals surface area contributed by atoms with E-state index < -0.39 is 0 Å². The number of likely N-dealkylation sites (N-methyl/N-ethyl adjacent to an activating group) is 1. The molecule has 0 fully saturated rings. The van der Waals surface area contributed by atoms with Gasteiger partial charge < -0.3 is 10.1 Å². The van der Waals surface area contributed by atoms with Crippen molar-refractivity contribution >= 4 is 5.78 Å². The maximum Gasteiger partial charge on any atom is 0.176 e. The lowest BCUT2D eigenvalue weighted by Crippen LogP contribution is -2.37. The number of nitrogens with one attached hydrogen (secondary N) is 1. The third-order valence-electron chi connectivity index (χ3n) is 4.87. The Morgan fingerprint density at radius 1 is 1.15 bits per heavy atom. The number of ketones is 1. The summed E-state index contributed by atoms with van der Waals surface area (Å²) >= 11 is 0. The first kappa shape index (κ1) is 21.1. The predicted molar refractivity (Wildman–Crippen MR) is 107 cm³/mol. The highest BCUT2D eigenvalue weighted by Crippen LogP contribution is 2.22. The summed E-state index contributed by atoms with van der Waals surface area (Å²) in [6.07, 6.45) is 0. The van der Waals surface area contributed by atoms with E-state index in [9.17, 15) is 9.18 Å². The van der Waals surface area contributed by atoms with Crippen molar-refractivity contribution < 1.29 is 13.9 Å². The zero-order valence-corrected chi connectivity index (χ0v) is 16.6. The van der Waals surface area contributed by atoms with Crippen molar-refractivity contribution in [2.24, 2.45) is 0 Å². The van der Waals surface area contributed by atoms with Crippen LogP contribution in [0, 0.1) is 12.7 Å². The van der Waals surface area contributed by atoms with E-state index in [0.717, 1.165) is 18.8 Å². The second-order valence-corrected chi connectivity index (χ2v) is 6.53. The highest BCUT2D eigenvalue weighted by atomic mass is 19.1. The average Bonchev–Trinajstić information content (AvgIpc) is 2.69. The van der Waals surface area contributed by atoms with Gasteiger partial charge in [-0.25, -0.2) is 4.39 Å². The average molecular weight is 372 g/mol. The number of halogens is 1. The summed E-state index contributed by atoms with van der Waals surface area (Å²) < 4.78 is 18.9. The summed E-state index contributed by atoms with van der Waals surface area (Å²) in [4.78, 5) is 14.7. The Labute approximate surface area is 161 Å². The number of nitrogens with zero attached hydrogens (tertiary/aromatic N) is 1. The molecule has 0 bridgehead atoms. The predicted octanol–water partition coefficient (Wildman–Crippen LogP) is 4.00. The molecule has 0 heterocycles. The molecule has 27 heavy (non-hydrogen) atoms. The van der Waals surface area contributed by atoms with Gasteiger partial charge in [-0.3, -0.25) is 9.69 Å². The van der Waals surface area contributed by atoms with Crippen molar-refractivity contribution in [1.82, 2.24) is 10.2 Å². The van der Waals surface area contributed by atoms with Crippen LogP contribution in [0.5, 0.6) is 5.75 Å². The Morgan fingerprint density at radius 3 is 2.37 bits per heavy atom. The zero-order chi connectivity index (χ0) is 19.8. The van der Waals surface area contributed by atoms with Crippen LogP contribution in [0.2, 0.25) is 0 Å². The number of hydrogen-bond acceptors (Lipinski definition) is 4. The largest absolute Gasteiger partial charge is 0.497 e. The van der Waals surface area contributed by atoms with Gasteiger partial charge in [-0.2, -0.15) is 0 Å². The molecule has 146 valence electrons. The van der Waals surface area contributed by atoms with Gasteiger partial charge in [0.25, 0.3) is 0 Å². The van der Waals surface area contributed by atoms with E-state index in [4.69, 9.17) is 4.74 Å². The number of carbonyl (C=O) groups is 1. The van der Waals surface area contributed by atoms with Crippen molar-refractivity contribution in [3.05, 3.63) is 65.0 Å². The minimum atomic E-state index is -0.347. The quantitative estimate of drug-likeness (QED) is 0.640. The van der Waals surface area contributed by atoms with E-state index >= 15 is 0 Å². The molecule has 1 N–H and O–H groups in total. The molecule has 0 spiro atoms. The van der Waals surface area contributed by atoms with Crippen LogP contribution in [0.25, 0.3) is 0 Å². The molecule has 0 amide bonds. The number of hydrogen-bond donors (Lipinski definition) is 1. The molecule has 1 atom stereocenters. The number of Topliss-reactive ketones (excluding diaryl/α,β-unsaturated/α-hetero) is 1. The minimum absolute atomic E-state index is 0.109. The Bertz CT molecular complexity index is 742. The second-order valence-electron chi connectivity index (χ2n) is 6.53. The van der Waals surface area contributed by atoms with Gasteiger partial charge in [-0.15, -0.1) is 0 Å². The van der Waals surface area contributed by atoms with Crippen LogP contribution in [0.4, 0.5) is 4.39 Å². The normalized spacial score (nSPS) is 12.2. The second kappa shape index (κ2) is 10.2. The zero-order valence-electron chi connectivity index (χ0n) is 16.6. The lowest BCUT2D eigenvalue weighted by atomic mass is 10.0. The molecule has 2 rings (SSSR count). The molecule has 0 aliphatic carbocycles. The van der Waals surface area contributed by atoms with Crippen LogP contribution in [0.1, 0.15) is 41.4 Å². The molecule has 2 aromatic carbocycles. The maximum atomic E-state index is 13.7. The third-order valence-corrected chi connectivity index (χ3v) is 4.87. The van der Waals surface area contributed by atoms with E-state index in [1.807, 2.05) is 12.1 Å². The summed E-state index contributed by atoms with van der Waals surface area (Å²) in [6, 6.07) is 12.8. The molecule has 5 heteroatoms. The van der Waals surface area contributed by atoms with Crippen molar-refractivity contribution in [1.29, 1.82) is 0 Å². The molecule has 1 unspecified atom stereocenters.